The van der Waals surface area contributed by atoms with Crippen molar-refractivity contribution < 1.29 is 22.7 Å². The molecule has 3 aromatic rings. The Kier molecular flexibility index (Phi) is 6.78. The lowest BCUT2D eigenvalue weighted by atomic mass is 10.2. The Balaban J connectivity index is 1.53. The number of anilines is 2. The second kappa shape index (κ2) is 9.90. The fourth-order valence-electron chi connectivity index (χ4n) is 3.38. The van der Waals surface area contributed by atoms with Gasteiger partial charge in [0.15, 0.2) is 0 Å². The van der Waals surface area contributed by atoms with Crippen LogP contribution < -0.4 is 10.6 Å². The number of pyridine rings is 1. The van der Waals surface area contributed by atoms with E-state index in [0.29, 0.717) is 30.2 Å². The molecule has 2 heterocycles. The molecule has 0 bridgehead atoms. The number of carbonyl (C=O) groups is 2. The van der Waals surface area contributed by atoms with Gasteiger partial charge in [-0.25, -0.2) is 8.42 Å². The van der Waals surface area contributed by atoms with Gasteiger partial charge in [0.05, 0.1) is 29.2 Å². The van der Waals surface area contributed by atoms with Gasteiger partial charge in [0.2, 0.25) is 10.0 Å². The molecule has 0 spiro atoms. The molecule has 170 valence electrons. The van der Waals surface area contributed by atoms with Gasteiger partial charge in [-0.1, -0.05) is 18.2 Å². The number of aromatic nitrogens is 1. The summed E-state index contributed by atoms with van der Waals surface area (Å²) >= 11 is 0. The summed E-state index contributed by atoms with van der Waals surface area (Å²) in [5, 5.41) is 5.46. The second-order valence-electron chi connectivity index (χ2n) is 7.24. The first-order valence-electron chi connectivity index (χ1n) is 10.2. The number of amides is 2. The summed E-state index contributed by atoms with van der Waals surface area (Å²) in [6, 6.07) is 16.0. The summed E-state index contributed by atoms with van der Waals surface area (Å²) in [4.78, 5) is 29.2. The first-order valence-corrected chi connectivity index (χ1v) is 11.7. The molecule has 1 fully saturated rings. The first-order chi connectivity index (χ1) is 15.9. The molecule has 1 aliphatic heterocycles. The van der Waals surface area contributed by atoms with Crippen LogP contribution in [0.25, 0.3) is 0 Å². The molecule has 0 atom stereocenters. The molecule has 0 saturated carbocycles. The quantitative estimate of drug-likeness (QED) is 0.577. The summed E-state index contributed by atoms with van der Waals surface area (Å²) in [6.45, 7) is 1.09. The van der Waals surface area contributed by atoms with Crippen LogP contribution in [0.2, 0.25) is 0 Å². The predicted octanol–water partition coefficient (Wildman–Crippen LogP) is 2.61. The van der Waals surface area contributed by atoms with E-state index in [4.69, 9.17) is 4.74 Å². The van der Waals surface area contributed by atoms with Crippen LogP contribution in [0.5, 0.6) is 0 Å². The summed E-state index contributed by atoms with van der Waals surface area (Å²) in [7, 11) is -3.86. The van der Waals surface area contributed by atoms with E-state index in [2.05, 4.69) is 15.6 Å². The smallest absolute Gasteiger partial charge is 0.257 e. The topological polar surface area (TPSA) is 118 Å². The average Bonchev–Trinajstić information content (AvgIpc) is 2.85. The summed E-state index contributed by atoms with van der Waals surface area (Å²) in [5.41, 5.74) is 1.31. The highest BCUT2D eigenvalue weighted by Crippen LogP contribution is 2.23. The number of nitrogens with one attached hydrogen (secondary N) is 2. The highest BCUT2D eigenvalue weighted by atomic mass is 32.2. The number of sulfonamides is 1. The Morgan fingerprint density at radius 1 is 0.879 bits per heavy atom. The lowest BCUT2D eigenvalue weighted by Gasteiger charge is -2.26. The number of nitrogens with zero attached hydrogens (tertiary/aromatic N) is 2. The van der Waals surface area contributed by atoms with Crippen molar-refractivity contribution in [2.75, 3.05) is 36.9 Å². The van der Waals surface area contributed by atoms with E-state index in [1.807, 2.05) is 0 Å². The Bertz CT molecular complexity index is 1260. The van der Waals surface area contributed by atoms with Gasteiger partial charge in [0, 0.05) is 36.9 Å². The largest absolute Gasteiger partial charge is 0.379 e. The number of benzene rings is 2. The van der Waals surface area contributed by atoms with Crippen LogP contribution in [0.15, 0.2) is 78.0 Å². The highest BCUT2D eigenvalue weighted by Gasteiger charge is 2.30. The molecule has 0 radical (unpaired) electrons. The maximum Gasteiger partial charge on any atom is 0.257 e. The molecule has 33 heavy (non-hydrogen) atoms. The molecule has 10 heteroatoms. The number of hydrogen-bond donors (Lipinski definition) is 2. The van der Waals surface area contributed by atoms with Gasteiger partial charge in [-0.2, -0.15) is 4.31 Å². The van der Waals surface area contributed by atoms with Crippen LogP contribution >= 0.6 is 0 Å². The normalized spacial score (nSPS) is 14.4. The van der Waals surface area contributed by atoms with Gasteiger partial charge in [-0.15, -0.1) is 0 Å². The number of hydrogen-bond acceptors (Lipinski definition) is 6. The van der Waals surface area contributed by atoms with E-state index in [1.165, 1.54) is 22.6 Å². The molecule has 1 aliphatic rings. The van der Waals surface area contributed by atoms with Crippen molar-refractivity contribution >= 4 is 33.2 Å². The van der Waals surface area contributed by atoms with Crippen molar-refractivity contribution in [3.05, 3.63) is 84.2 Å². The zero-order valence-corrected chi connectivity index (χ0v) is 18.4. The number of rotatable bonds is 6. The van der Waals surface area contributed by atoms with E-state index in [-0.39, 0.29) is 29.5 Å². The minimum absolute atomic E-state index is 0.0359. The van der Waals surface area contributed by atoms with E-state index < -0.39 is 15.9 Å². The monoisotopic (exact) mass is 466 g/mol. The number of ether oxygens (including phenoxy) is 1. The van der Waals surface area contributed by atoms with E-state index in [1.54, 1.807) is 54.7 Å². The van der Waals surface area contributed by atoms with E-state index in [0.717, 1.165) is 0 Å². The zero-order chi connectivity index (χ0) is 23.3. The van der Waals surface area contributed by atoms with Crippen LogP contribution in [0.4, 0.5) is 11.4 Å². The minimum atomic E-state index is -3.86. The summed E-state index contributed by atoms with van der Waals surface area (Å²) < 4.78 is 32.8. The molecule has 2 N–H and O–H groups in total. The van der Waals surface area contributed by atoms with Crippen molar-refractivity contribution in [3.8, 4) is 0 Å². The number of morpholine rings is 1. The van der Waals surface area contributed by atoms with Crippen LogP contribution in [-0.4, -0.2) is 55.8 Å². The van der Waals surface area contributed by atoms with Crippen LogP contribution in [-0.2, 0) is 14.8 Å². The standard InChI is InChI=1S/C23H22N4O5S/c28-22(17-5-4-10-24-16-17)25-18-6-3-7-19(15-18)26-23(29)20-8-1-2-9-21(20)33(30,31)27-11-13-32-14-12-27/h1-10,15-16H,11-14H2,(H,25,28)(H,26,29). The first kappa shape index (κ1) is 22.6. The van der Waals surface area contributed by atoms with Crippen LogP contribution in [0.1, 0.15) is 20.7 Å². The molecule has 2 amide bonds. The third kappa shape index (κ3) is 5.25. The van der Waals surface area contributed by atoms with Crippen molar-refractivity contribution in [2.45, 2.75) is 4.90 Å². The molecule has 0 aliphatic carbocycles. The SMILES string of the molecule is O=C(Nc1cccc(NC(=O)c2ccccc2S(=O)(=O)N2CCOCC2)c1)c1cccnc1. The van der Waals surface area contributed by atoms with Gasteiger partial charge >= 0.3 is 0 Å². The van der Waals surface area contributed by atoms with Gasteiger partial charge in [-0.3, -0.25) is 14.6 Å². The second-order valence-corrected chi connectivity index (χ2v) is 9.15. The Labute approximate surface area is 191 Å². The molecule has 9 nitrogen and oxygen atoms in total. The number of carbonyl (C=O) groups excluding carboxylic acids is 2. The van der Waals surface area contributed by atoms with Gasteiger partial charge < -0.3 is 15.4 Å². The third-order valence-electron chi connectivity index (χ3n) is 5.02. The molecule has 2 aromatic carbocycles. The average molecular weight is 467 g/mol. The zero-order valence-electron chi connectivity index (χ0n) is 17.6. The van der Waals surface area contributed by atoms with Gasteiger partial charge in [-0.05, 0) is 42.5 Å². The molecular formula is C23H22N4O5S. The lowest BCUT2D eigenvalue weighted by Crippen LogP contribution is -2.41. The highest BCUT2D eigenvalue weighted by molar-refractivity contribution is 7.89. The molecule has 1 saturated heterocycles. The molecule has 4 rings (SSSR count). The van der Waals surface area contributed by atoms with Crippen molar-refractivity contribution in [2.24, 2.45) is 0 Å². The van der Waals surface area contributed by atoms with Crippen molar-refractivity contribution in [3.63, 3.8) is 0 Å². The van der Waals surface area contributed by atoms with Crippen molar-refractivity contribution in [1.29, 1.82) is 0 Å². The third-order valence-corrected chi connectivity index (χ3v) is 6.98. The lowest BCUT2D eigenvalue weighted by molar-refractivity contribution is 0.0730. The molecule has 1 aromatic heterocycles. The van der Waals surface area contributed by atoms with E-state index >= 15 is 0 Å². The predicted molar refractivity (Wildman–Crippen MR) is 123 cm³/mol. The van der Waals surface area contributed by atoms with Gasteiger partial charge in [0.25, 0.3) is 11.8 Å². The fraction of sp³-hybridized carbons (Fsp3) is 0.174. The maximum atomic E-state index is 13.1. The Morgan fingerprint density at radius 2 is 1.58 bits per heavy atom. The molecular weight excluding hydrogens is 444 g/mol. The van der Waals surface area contributed by atoms with Crippen molar-refractivity contribution in [1.82, 2.24) is 9.29 Å². The Hall–Kier alpha value is -3.60. The minimum Gasteiger partial charge on any atom is -0.379 e. The fourth-order valence-corrected chi connectivity index (χ4v) is 4.98. The summed E-state index contributed by atoms with van der Waals surface area (Å²) in [5.74, 6) is -0.910. The van der Waals surface area contributed by atoms with Crippen LogP contribution in [0, 0.1) is 0 Å². The summed E-state index contributed by atoms with van der Waals surface area (Å²) in [6.07, 6.45) is 3.02. The van der Waals surface area contributed by atoms with E-state index in [9.17, 15) is 18.0 Å². The maximum absolute atomic E-state index is 13.1. The molecule has 0 unspecified atom stereocenters. The van der Waals surface area contributed by atoms with Gasteiger partial charge in [0.1, 0.15) is 0 Å². The van der Waals surface area contributed by atoms with Crippen LogP contribution in [0.3, 0.4) is 0 Å². The Morgan fingerprint density at radius 3 is 2.27 bits per heavy atom.